The smallest absolute Gasteiger partial charge is 0.203 e. The minimum absolute atomic E-state index is 0.574. The van der Waals surface area contributed by atoms with E-state index in [-0.39, 0.29) is 0 Å². The van der Waals surface area contributed by atoms with E-state index in [0.717, 1.165) is 29.5 Å². The van der Waals surface area contributed by atoms with Gasteiger partial charge in [0.2, 0.25) is 5.75 Å². The lowest BCUT2D eigenvalue weighted by atomic mass is 10.0. The first-order valence-corrected chi connectivity index (χ1v) is 5.67. The number of methoxy groups -OCH3 is 3. The van der Waals surface area contributed by atoms with Crippen molar-refractivity contribution in [3.63, 3.8) is 0 Å². The molecule has 0 bridgehead atoms. The van der Waals surface area contributed by atoms with Crippen molar-refractivity contribution in [1.29, 1.82) is 5.26 Å². The fraction of sp³-hybridized carbons (Fsp3) is 0.357. The number of rotatable bonds is 3. The summed E-state index contributed by atoms with van der Waals surface area (Å²) in [5.74, 6) is 1.88. The molecule has 0 unspecified atom stereocenters. The molecule has 0 radical (unpaired) electrons. The normalized spacial score (nSPS) is 15.1. The van der Waals surface area contributed by atoms with Crippen LogP contribution in [0.15, 0.2) is 12.1 Å². The molecule has 0 saturated heterocycles. The predicted octanol–water partition coefficient (Wildman–Crippen LogP) is 2.57. The summed E-state index contributed by atoms with van der Waals surface area (Å²) >= 11 is 0. The number of nitriles is 1. The average molecular weight is 245 g/mol. The molecule has 1 aliphatic carbocycles. The number of hydrogen-bond donors (Lipinski definition) is 0. The van der Waals surface area contributed by atoms with Crippen LogP contribution in [-0.4, -0.2) is 21.3 Å². The van der Waals surface area contributed by atoms with E-state index < -0.39 is 0 Å². The van der Waals surface area contributed by atoms with E-state index in [4.69, 9.17) is 19.5 Å². The Bertz CT molecular complexity index is 541. The number of fused-ring (bicyclic) bond motifs is 1. The number of benzene rings is 1. The van der Waals surface area contributed by atoms with Crippen LogP contribution < -0.4 is 14.2 Å². The van der Waals surface area contributed by atoms with Gasteiger partial charge in [0.25, 0.3) is 0 Å². The van der Waals surface area contributed by atoms with Gasteiger partial charge in [0.05, 0.1) is 27.4 Å². The first-order valence-electron chi connectivity index (χ1n) is 5.67. The number of nitrogens with zero attached hydrogens (tertiary/aromatic N) is 1. The van der Waals surface area contributed by atoms with Gasteiger partial charge in [-0.3, -0.25) is 0 Å². The van der Waals surface area contributed by atoms with E-state index in [1.807, 2.05) is 6.07 Å². The molecule has 0 aromatic heterocycles. The molecule has 0 spiro atoms. The van der Waals surface area contributed by atoms with Crippen molar-refractivity contribution in [3.05, 3.63) is 23.3 Å². The summed E-state index contributed by atoms with van der Waals surface area (Å²) in [5.41, 5.74) is 3.09. The predicted molar refractivity (Wildman–Crippen MR) is 68.0 cm³/mol. The zero-order valence-electron chi connectivity index (χ0n) is 10.7. The SMILES string of the molecule is COc1cc2c(c(OC)c1OC)/C(=C\C#N)CC2. The number of hydrogen-bond acceptors (Lipinski definition) is 4. The van der Waals surface area contributed by atoms with E-state index in [2.05, 4.69) is 6.07 Å². The van der Waals surface area contributed by atoms with E-state index in [1.54, 1.807) is 27.4 Å². The van der Waals surface area contributed by atoms with Crippen molar-refractivity contribution in [2.24, 2.45) is 0 Å². The maximum atomic E-state index is 8.82. The van der Waals surface area contributed by atoms with Crippen LogP contribution in [0.5, 0.6) is 17.2 Å². The fourth-order valence-electron chi connectivity index (χ4n) is 2.37. The Morgan fingerprint density at radius 2 is 1.83 bits per heavy atom. The first-order chi connectivity index (χ1) is 8.76. The highest BCUT2D eigenvalue weighted by Gasteiger charge is 2.26. The largest absolute Gasteiger partial charge is 0.493 e. The highest BCUT2D eigenvalue weighted by Crippen LogP contribution is 2.48. The van der Waals surface area contributed by atoms with Crippen molar-refractivity contribution in [3.8, 4) is 23.3 Å². The van der Waals surface area contributed by atoms with E-state index >= 15 is 0 Å². The van der Waals surface area contributed by atoms with Gasteiger partial charge in [-0.2, -0.15) is 5.26 Å². The number of allylic oxidation sites excluding steroid dienone is 2. The van der Waals surface area contributed by atoms with Gasteiger partial charge in [-0.05, 0) is 30.0 Å². The molecule has 0 amide bonds. The molecule has 0 fully saturated rings. The molecule has 0 atom stereocenters. The molecular weight excluding hydrogens is 230 g/mol. The van der Waals surface area contributed by atoms with Gasteiger partial charge in [-0.1, -0.05) is 0 Å². The summed E-state index contributed by atoms with van der Waals surface area (Å²) in [6, 6.07) is 4.03. The fourth-order valence-corrected chi connectivity index (χ4v) is 2.37. The lowest BCUT2D eigenvalue weighted by molar-refractivity contribution is 0.323. The molecular formula is C14H15NO3. The van der Waals surface area contributed by atoms with Crippen LogP contribution in [0.2, 0.25) is 0 Å². The maximum absolute atomic E-state index is 8.82. The molecule has 0 aliphatic heterocycles. The van der Waals surface area contributed by atoms with Crippen molar-refractivity contribution in [2.75, 3.05) is 21.3 Å². The minimum Gasteiger partial charge on any atom is -0.493 e. The summed E-state index contributed by atoms with van der Waals surface area (Å²) in [4.78, 5) is 0. The summed E-state index contributed by atoms with van der Waals surface area (Å²) in [5, 5.41) is 8.82. The van der Waals surface area contributed by atoms with Crippen LogP contribution in [0.25, 0.3) is 5.57 Å². The second-order valence-corrected chi connectivity index (χ2v) is 3.98. The lowest BCUT2D eigenvalue weighted by Gasteiger charge is -2.16. The molecule has 1 aromatic carbocycles. The summed E-state index contributed by atoms with van der Waals surface area (Å²) < 4.78 is 16.1. The molecule has 1 aromatic rings. The Hall–Kier alpha value is -2.15. The molecule has 94 valence electrons. The van der Waals surface area contributed by atoms with Gasteiger partial charge in [0.15, 0.2) is 11.5 Å². The van der Waals surface area contributed by atoms with Crippen molar-refractivity contribution in [1.82, 2.24) is 0 Å². The molecule has 2 rings (SSSR count). The molecule has 18 heavy (non-hydrogen) atoms. The summed E-state index contributed by atoms with van der Waals surface area (Å²) in [7, 11) is 4.78. The second-order valence-electron chi connectivity index (χ2n) is 3.98. The third kappa shape index (κ3) is 1.78. The summed E-state index contributed by atoms with van der Waals surface area (Å²) in [6.45, 7) is 0. The van der Waals surface area contributed by atoms with Crippen LogP contribution in [0.4, 0.5) is 0 Å². The Morgan fingerprint density at radius 3 is 2.39 bits per heavy atom. The topological polar surface area (TPSA) is 51.5 Å². The van der Waals surface area contributed by atoms with Gasteiger partial charge in [0, 0.05) is 11.6 Å². The monoisotopic (exact) mass is 245 g/mol. The Kier molecular flexibility index (Phi) is 3.42. The van der Waals surface area contributed by atoms with Crippen LogP contribution >= 0.6 is 0 Å². The maximum Gasteiger partial charge on any atom is 0.203 e. The van der Waals surface area contributed by atoms with Crippen molar-refractivity contribution < 1.29 is 14.2 Å². The first kappa shape index (κ1) is 12.3. The Balaban J connectivity index is 2.71. The highest BCUT2D eigenvalue weighted by atomic mass is 16.5. The molecule has 0 N–H and O–H groups in total. The molecule has 0 heterocycles. The Morgan fingerprint density at radius 1 is 1.11 bits per heavy atom. The van der Waals surface area contributed by atoms with Crippen LogP contribution in [0.1, 0.15) is 17.5 Å². The van der Waals surface area contributed by atoms with Gasteiger partial charge < -0.3 is 14.2 Å². The van der Waals surface area contributed by atoms with Gasteiger partial charge >= 0.3 is 0 Å². The number of ether oxygens (including phenoxy) is 3. The minimum atomic E-state index is 0.574. The molecule has 1 aliphatic rings. The van der Waals surface area contributed by atoms with E-state index in [1.165, 1.54) is 0 Å². The van der Waals surface area contributed by atoms with Gasteiger partial charge in [0.1, 0.15) is 0 Å². The third-order valence-electron chi connectivity index (χ3n) is 3.14. The summed E-state index contributed by atoms with van der Waals surface area (Å²) in [6.07, 6.45) is 3.30. The van der Waals surface area contributed by atoms with Crippen LogP contribution in [0, 0.1) is 11.3 Å². The van der Waals surface area contributed by atoms with Crippen molar-refractivity contribution in [2.45, 2.75) is 12.8 Å². The second kappa shape index (κ2) is 5.01. The van der Waals surface area contributed by atoms with E-state index in [9.17, 15) is 0 Å². The standard InChI is InChI=1S/C14H15NO3/c1-16-11-8-10-5-4-9(6-7-15)12(10)14(18-3)13(11)17-2/h6,8H,4-5H2,1-3H3/b9-6-. The van der Waals surface area contributed by atoms with Crippen LogP contribution in [-0.2, 0) is 6.42 Å². The molecule has 0 saturated carbocycles. The van der Waals surface area contributed by atoms with Gasteiger partial charge in [-0.25, -0.2) is 0 Å². The molecule has 4 heteroatoms. The van der Waals surface area contributed by atoms with Gasteiger partial charge in [-0.15, -0.1) is 0 Å². The van der Waals surface area contributed by atoms with Crippen molar-refractivity contribution >= 4 is 5.57 Å². The van der Waals surface area contributed by atoms with E-state index in [0.29, 0.717) is 17.2 Å². The zero-order chi connectivity index (χ0) is 13.1. The highest BCUT2D eigenvalue weighted by molar-refractivity contribution is 5.82. The third-order valence-corrected chi connectivity index (χ3v) is 3.14. The quantitative estimate of drug-likeness (QED) is 0.768. The zero-order valence-corrected chi connectivity index (χ0v) is 10.7. The average Bonchev–Trinajstić information content (AvgIpc) is 2.79. The van der Waals surface area contributed by atoms with Crippen LogP contribution in [0.3, 0.4) is 0 Å². The number of aryl methyl sites for hydroxylation is 1. The molecule has 4 nitrogen and oxygen atoms in total. The Labute approximate surface area is 106 Å². The lowest BCUT2D eigenvalue weighted by Crippen LogP contribution is -1.99.